The van der Waals surface area contributed by atoms with Crippen molar-refractivity contribution in [2.24, 2.45) is 0 Å². The van der Waals surface area contributed by atoms with Crippen molar-refractivity contribution >= 4 is 23.5 Å². The Kier molecular flexibility index (Phi) is 6.23. The number of carbonyl (C=O) groups excluding carboxylic acids is 2. The number of nitrogens with zero attached hydrogens (tertiary/aromatic N) is 1. The van der Waals surface area contributed by atoms with Crippen molar-refractivity contribution in [2.75, 3.05) is 11.4 Å². The number of benzene rings is 1. The van der Waals surface area contributed by atoms with Gasteiger partial charge in [0.25, 0.3) is 5.91 Å². The lowest BCUT2D eigenvalue weighted by atomic mass is 9.89. The fourth-order valence-corrected chi connectivity index (χ4v) is 3.17. The lowest BCUT2D eigenvalue weighted by molar-refractivity contribution is -0.139. The zero-order valence-electron chi connectivity index (χ0n) is 15.4. The molecule has 26 heavy (non-hydrogen) atoms. The van der Waals surface area contributed by atoms with Crippen molar-refractivity contribution < 1.29 is 24.2 Å². The van der Waals surface area contributed by atoms with Crippen LogP contribution in [-0.2, 0) is 14.4 Å². The number of anilines is 1. The molecule has 1 aliphatic heterocycles. The van der Waals surface area contributed by atoms with Gasteiger partial charge in [-0.25, -0.2) is 0 Å². The minimum Gasteiger partial charge on any atom is -0.481 e. The summed E-state index contributed by atoms with van der Waals surface area (Å²) in [6.45, 7) is 5.61. The van der Waals surface area contributed by atoms with E-state index in [1.54, 1.807) is 24.0 Å². The fourth-order valence-electron chi connectivity index (χ4n) is 3.17. The van der Waals surface area contributed by atoms with E-state index in [0.717, 1.165) is 0 Å². The number of fused-ring (bicyclic) bond motifs is 1. The summed E-state index contributed by atoms with van der Waals surface area (Å²) in [6.07, 6.45) is 0.414. The second-order valence-corrected chi connectivity index (χ2v) is 6.57. The Bertz CT molecular complexity index is 684. The molecule has 1 aromatic carbocycles. The number of rotatable bonds is 8. The summed E-state index contributed by atoms with van der Waals surface area (Å²) >= 11 is 0. The summed E-state index contributed by atoms with van der Waals surface area (Å²) in [5, 5.41) is 12.0. The summed E-state index contributed by atoms with van der Waals surface area (Å²) in [4.78, 5) is 37.5. The lowest BCUT2D eigenvalue weighted by Crippen LogP contribution is -2.50. The number of aliphatic carboxylic acids is 1. The highest BCUT2D eigenvalue weighted by molar-refractivity contribution is 6.00. The second-order valence-electron chi connectivity index (χ2n) is 6.57. The molecule has 1 aromatic rings. The maximum atomic E-state index is 12.4. The third kappa shape index (κ3) is 4.33. The Labute approximate surface area is 153 Å². The van der Waals surface area contributed by atoms with Gasteiger partial charge in [0.15, 0.2) is 6.10 Å². The summed E-state index contributed by atoms with van der Waals surface area (Å²) in [7, 11) is 0. The molecule has 0 aliphatic carbocycles. The molecule has 2 amide bonds. The van der Waals surface area contributed by atoms with Gasteiger partial charge in [-0.3, -0.25) is 14.4 Å². The first kappa shape index (κ1) is 19.8. The van der Waals surface area contributed by atoms with Crippen LogP contribution < -0.4 is 15.0 Å². The molecule has 2 rings (SSSR count). The van der Waals surface area contributed by atoms with Crippen molar-refractivity contribution in [1.29, 1.82) is 0 Å². The van der Waals surface area contributed by atoms with Crippen molar-refractivity contribution in [1.82, 2.24) is 5.32 Å². The standard InChI is InChI=1S/C19H26N2O5/c1-4-19(5-2,12-17(23)24)20-16(22)10-11-21-14-8-6-7-9-15(14)26-13(3)18(21)25/h6-9,13H,4-5,10-12H2,1-3H3,(H,20,22)(H,23,24). The Morgan fingerprint density at radius 1 is 1.27 bits per heavy atom. The summed E-state index contributed by atoms with van der Waals surface area (Å²) in [6, 6.07) is 7.21. The maximum Gasteiger partial charge on any atom is 0.305 e. The number of hydrogen-bond acceptors (Lipinski definition) is 4. The van der Waals surface area contributed by atoms with E-state index < -0.39 is 17.6 Å². The number of amides is 2. The minimum atomic E-state index is -0.944. The van der Waals surface area contributed by atoms with Crippen LogP contribution in [0.4, 0.5) is 5.69 Å². The van der Waals surface area contributed by atoms with Crippen molar-refractivity contribution in [3.63, 3.8) is 0 Å². The van der Waals surface area contributed by atoms with Gasteiger partial charge in [-0.1, -0.05) is 26.0 Å². The number of nitrogens with one attached hydrogen (secondary N) is 1. The Balaban J connectivity index is 2.06. The number of carbonyl (C=O) groups is 3. The highest BCUT2D eigenvalue weighted by Crippen LogP contribution is 2.33. The first-order chi connectivity index (χ1) is 12.3. The van der Waals surface area contributed by atoms with E-state index in [0.29, 0.717) is 24.3 Å². The van der Waals surface area contributed by atoms with E-state index >= 15 is 0 Å². The third-order valence-electron chi connectivity index (χ3n) is 4.88. The van der Waals surface area contributed by atoms with E-state index in [9.17, 15) is 14.4 Å². The molecule has 1 heterocycles. The molecule has 0 saturated heterocycles. The van der Waals surface area contributed by atoms with E-state index in [1.807, 2.05) is 26.0 Å². The van der Waals surface area contributed by atoms with Gasteiger partial charge in [0.1, 0.15) is 5.75 Å². The SMILES string of the molecule is CCC(CC)(CC(=O)O)NC(=O)CCN1C(=O)C(C)Oc2ccccc21. The number of hydrogen-bond donors (Lipinski definition) is 2. The third-order valence-corrected chi connectivity index (χ3v) is 4.88. The average Bonchev–Trinajstić information content (AvgIpc) is 2.61. The van der Waals surface area contributed by atoms with Crippen LogP contribution in [0.5, 0.6) is 5.75 Å². The molecule has 0 aromatic heterocycles. The first-order valence-corrected chi connectivity index (χ1v) is 8.91. The number of carboxylic acids is 1. The molecule has 0 spiro atoms. The van der Waals surface area contributed by atoms with Crippen LogP contribution in [0, 0.1) is 0 Å². The topological polar surface area (TPSA) is 95.9 Å². The molecule has 1 atom stereocenters. The van der Waals surface area contributed by atoms with Crippen LogP contribution in [0.1, 0.15) is 46.5 Å². The largest absolute Gasteiger partial charge is 0.481 e. The minimum absolute atomic E-state index is 0.0914. The van der Waals surface area contributed by atoms with E-state index in [4.69, 9.17) is 9.84 Å². The summed E-state index contributed by atoms with van der Waals surface area (Å²) in [5.74, 6) is -0.791. The van der Waals surface area contributed by atoms with E-state index in [2.05, 4.69) is 5.32 Å². The van der Waals surface area contributed by atoms with Gasteiger partial charge in [-0.2, -0.15) is 0 Å². The van der Waals surface area contributed by atoms with Crippen LogP contribution in [0.25, 0.3) is 0 Å². The molecule has 0 bridgehead atoms. The summed E-state index contributed by atoms with van der Waals surface area (Å²) < 4.78 is 5.58. The van der Waals surface area contributed by atoms with E-state index in [-0.39, 0.29) is 31.2 Å². The van der Waals surface area contributed by atoms with Gasteiger partial charge in [-0.05, 0) is 31.9 Å². The van der Waals surface area contributed by atoms with Crippen LogP contribution in [0.2, 0.25) is 0 Å². The van der Waals surface area contributed by atoms with Crippen LogP contribution in [-0.4, -0.2) is 41.1 Å². The zero-order valence-corrected chi connectivity index (χ0v) is 15.4. The number of ether oxygens (including phenoxy) is 1. The molecule has 0 saturated carbocycles. The number of carboxylic acid groups (broad SMARTS) is 1. The van der Waals surface area contributed by atoms with Crippen molar-refractivity contribution in [3.8, 4) is 5.75 Å². The zero-order chi connectivity index (χ0) is 19.3. The van der Waals surface area contributed by atoms with Gasteiger partial charge in [-0.15, -0.1) is 0 Å². The van der Waals surface area contributed by atoms with Crippen molar-refractivity contribution in [2.45, 2.75) is 58.1 Å². The first-order valence-electron chi connectivity index (χ1n) is 8.91. The van der Waals surface area contributed by atoms with Gasteiger partial charge < -0.3 is 20.1 Å². The van der Waals surface area contributed by atoms with Gasteiger partial charge in [0, 0.05) is 18.5 Å². The highest BCUT2D eigenvalue weighted by Gasteiger charge is 2.33. The second kappa shape index (κ2) is 8.21. The Morgan fingerprint density at radius 3 is 2.54 bits per heavy atom. The molecule has 7 nitrogen and oxygen atoms in total. The summed E-state index contributed by atoms with van der Waals surface area (Å²) in [5.41, 5.74) is -0.116. The Morgan fingerprint density at radius 2 is 1.92 bits per heavy atom. The predicted molar refractivity (Wildman–Crippen MR) is 97.2 cm³/mol. The molecule has 142 valence electrons. The Hall–Kier alpha value is -2.57. The molecule has 0 radical (unpaired) electrons. The molecule has 2 N–H and O–H groups in total. The number of para-hydroxylation sites is 2. The molecular formula is C19H26N2O5. The smallest absolute Gasteiger partial charge is 0.305 e. The quantitative estimate of drug-likeness (QED) is 0.740. The van der Waals surface area contributed by atoms with Crippen molar-refractivity contribution in [3.05, 3.63) is 24.3 Å². The predicted octanol–water partition coefficient (Wildman–Crippen LogP) is 2.34. The van der Waals surface area contributed by atoms with E-state index in [1.165, 1.54) is 0 Å². The van der Waals surface area contributed by atoms with Crippen LogP contribution in [0.3, 0.4) is 0 Å². The normalized spacial score (nSPS) is 16.7. The van der Waals surface area contributed by atoms with Crippen LogP contribution >= 0.6 is 0 Å². The van der Waals surface area contributed by atoms with Gasteiger partial charge in [0.05, 0.1) is 12.1 Å². The maximum absolute atomic E-state index is 12.4. The fraction of sp³-hybridized carbons (Fsp3) is 0.526. The lowest BCUT2D eigenvalue weighted by Gasteiger charge is -2.34. The molecule has 0 fully saturated rings. The van der Waals surface area contributed by atoms with Crippen LogP contribution in [0.15, 0.2) is 24.3 Å². The molecular weight excluding hydrogens is 336 g/mol. The molecule has 1 unspecified atom stereocenters. The van der Waals surface area contributed by atoms with Gasteiger partial charge >= 0.3 is 5.97 Å². The average molecular weight is 362 g/mol. The monoisotopic (exact) mass is 362 g/mol. The highest BCUT2D eigenvalue weighted by atomic mass is 16.5. The molecule has 1 aliphatic rings. The van der Waals surface area contributed by atoms with Gasteiger partial charge in [0.2, 0.25) is 5.91 Å². The molecule has 7 heteroatoms.